The second-order valence-corrected chi connectivity index (χ2v) is 5.79. The van der Waals surface area contributed by atoms with Crippen molar-refractivity contribution in [3.63, 3.8) is 0 Å². The van der Waals surface area contributed by atoms with Crippen LogP contribution in [0.5, 0.6) is 5.75 Å². The molecule has 0 bridgehead atoms. The number of rotatable bonds is 4. The number of carboxylic acid groups (broad SMARTS) is 1. The Bertz CT molecular complexity index is 884. The summed E-state index contributed by atoms with van der Waals surface area (Å²) in [6.45, 7) is 1.72. The summed E-state index contributed by atoms with van der Waals surface area (Å²) in [5.41, 5.74) is 1.13. The number of hydrogen-bond acceptors (Lipinski definition) is 4. The van der Waals surface area contributed by atoms with Crippen molar-refractivity contribution in [3.05, 3.63) is 58.3 Å². The standard InChI is InChI=1S/C18H16FNO5/c1-10-15(18(22)23)7-14(25-10)8-20(2)17(21)12-5-11-3-4-13(19)6-16(11)24-9-12/h3-7H,8-9H2,1-2H3,(H,22,23). The summed E-state index contributed by atoms with van der Waals surface area (Å²) in [5.74, 6) is -0.687. The van der Waals surface area contributed by atoms with E-state index in [2.05, 4.69) is 0 Å². The fourth-order valence-electron chi connectivity index (χ4n) is 2.65. The summed E-state index contributed by atoms with van der Waals surface area (Å²) in [6.07, 6.45) is 1.66. The van der Waals surface area contributed by atoms with Crippen molar-refractivity contribution in [1.29, 1.82) is 0 Å². The first-order chi connectivity index (χ1) is 11.8. The van der Waals surface area contributed by atoms with Crippen LogP contribution in [0.4, 0.5) is 4.39 Å². The van der Waals surface area contributed by atoms with Gasteiger partial charge in [0.25, 0.3) is 5.91 Å². The van der Waals surface area contributed by atoms with Crippen LogP contribution in [0.15, 0.2) is 34.3 Å². The third kappa shape index (κ3) is 3.40. The molecule has 0 unspecified atom stereocenters. The molecule has 1 aromatic carbocycles. The van der Waals surface area contributed by atoms with Gasteiger partial charge in [-0.25, -0.2) is 9.18 Å². The highest BCUT2D eigenvalue weighted by molar-refractivity contribution is 5.99. The van der Waals surface area contributed by atoms with Crippen LogP contribution in [0.25, 0.3) is 6.08 Å². The van der Waals surface area contributed by atoms with Crippen molar-refractivity contribution in [2.75, 3.05) is 13.7 Å². The maximum absolute atomic E-state index is 13.2. The Labute approximate surface area is 143 Å². The number of carbonyl (C=O) groups excluding carboxylic acids is 1. The number of ether oxygens (including phenoxy) is 1. The molecule has 25 heavy (non-hydrogen) atoms. The van der Waals surface area contributed by atoms with Gasteiger partial charge in [-0.2, -0.15) is 0 Å². The average Bonchev–Trinajstić information content (AvgIpc) is 2.94. The predicted octanol–water partition coefficient (Wildman–Crippen LogP) is 2.86. The molecule has 6 nitrogen and oxygen atoms in total. The van der Waals surface area contributed by atoms with Crippen LogP contribution in [0.3, 0.4) is 0 Å². The average molecular weight is 345 g/mol. The zero-order valence-corrected chi connectivity index (χ0v) is 13.7. The fourth-order valence-corrected chi connectivity index (χ4v) is 2.65. The van der Waals surface area contributed by atoms with E-state index >= 15 is 0 Å². The number of carbonyl (C=O) groups is 2. The van der Waals surface area contributed by atoms with Crippen LogP contribution < -0.4 is 4.74 Å². The minimum atomic E-state index is -1.08. The lowest BCUT2D eigenvalue weighted by molar-refractivity contribution is -0.126. The number of fused-ring (bicyclic) bond motifs is 1. The van der Waals surface area contributed by atoms with E-state index in [-0.39, 0.29) is 24.6 Å². The number of aromatic carboxylic acids is 1. The second-order valence-electron chi connectivity index (χ2n) is 5.79. The summed E-state index contributed by atoms with van der Waals surface area (Å²) in [4.78, 5) is 25.0. The van der Waals surface area contributed by atoms with E-state index in [1.807, 2.05) is 0 Å². The number of furan rings is 1. The van der Waals surface area contributed by atoms with Crippen LogP contribution in [-0.4, -0.2) is 35.5 Å². The first kappa shape index (κ1) is 16.8. The van der Waals surface area contributed by atoms with Crippen molar-refractivity contribution < 1.29 is 28.2 Å². The van der Waals surface area contributed by atoms with E-state index < -0.39 is 11.8 Å². The Hall–Kier alpha value is -3.09. The Morgan fingerprint density at radius 3 is 2.76 bits per heavy atom. The molecule has 0 spiro atoms. The Kier molecular flexibility index (Phi) is 4.31. The zero-order chi connectivity index (χ0) is 18.1. The minimum absolute atomic E-state index is 0.0389. The molecule has 2 aromatic rings. The fraction of sp³-hybridized carbons (Fsp3) is 0.222. The van der Waals surface area contributed by atoms with Crippen molar-refractivity contribution in [2.45, 2.75) is 13.5 Å². The maximum atomic E-state index is 13.2. The molecule has 3 rings (SSSR count). The van der Waals surface area contributed by atoms with Gasteiger partial charge in [-0.1, -0.05) is 0 Å². The van der Waals surface area contributed by atoms with Crippen molar-refractivity contribution in [2.24, 2.45) is 0 Å². The molecular weight excluding hydrogens is 329 g/mol. The Morgan fingerprint density at radius 2 is 2.08 bits per heavy atom. The van der Waals surface area contributed by atoms with Gasteiger partial charge in [0.2, 0.25) is 0 Å². The largest absolute Gasteiger partial charge is 0.488 e. The van der Waals surface area contributed by atoms with E-state index in [0.29, 0.717) is 28.4 Å². The van der Waals surface area contributed by atoms with Gasteiger partial charge in [0, 0.05) is 18.7 Å². The number of nitrogens with zero attached hydrogens (tertiary/aromatic N) is 1. The number of hydrogen-bond donors (Lipinski definition) is 1. The van der Waals surface area contributed by atoms with Crippen LogP contribution in [0, 0.1) is 12.7 Å². The van der Waals surface area contributed by atoms with Crippen molar-refractivity contribution in [3.8, 4) is 5.75 Å². The summed E-state index contributed by atoms with van der Waals surface area (Å²) in [5, 5.41) is 9.05. The molecule has 0 atom stereocenters. The van der Waals surface area contributed by atoms with Crippen molar-refractivity contribution >= 4 is 18.0 Å². The molecule has 1 aromatic heterocycles. The van der Waals surface area contributed by atoms with Gasteiger partial charge in [-0.3, -0.25) is 4.79 Å². The SMILES string of the molecule is Cc1oc(CN(C)C(=O)C2=Cc3ccc(F)cc3OC2)cc1C(=O)O. The first-order valence-corrected chi connectivity index (χ1v) is 7.56. The second kappa shape index (κ2) is 6.43. The molecule has 1 N–H and O–H groups in total. The van der Waals surface area contributed by atoms with Gasteiger partial charge in [-0.15, -0.1) is 0 Å². The van der Waals surface area contributed by atoms with Gasteiger partial charge >= 0.3 is 5.97 Å². The highest BCUT2D eigenvalue weighted by Crippen LogP contribution is 2.28. The number of halogens is 1. The summed E-state index contributed by atoms with van der Waals surface area (Å²) in [6, 6.07) is 5.53. The van der Waals surface area contributed by atoms with E-state index in [4.69, 9.17) is 14.3 Å². The molecule has 2 heterocycles. The molecule has 1 aliphatic heterocycles. The van der Waals surface area contributed by atoms with E-state index in [1.54, 1.807) is 26.1 Å². The quantitative estimate of drug-likeness (QED) is 0.922. The third-order valence-electron chi connectivity index (χ3n) is 3.90. The number of carboxylic acids is 1. The molecule has 1 aliphatic rings. The lowest BCUT2D eigenvalue weighted by Crippen LogP contribution is -2.30. The number of aryl methyl sites for hydroxylation is 1. The highest BCUT2D eigenvalue weighted by Gasteiger charge is 2.22. The van der Waals surface area contributed by atoms with Crippen LogP contribution in [0.2, 0.25) is 0 Å². The molecule has 0 aliphatic carbocycles. The summed E-state index contributed by atoms with van der Waals surface area (Å²) < 4.78 is 24.0. The smallest absolute Gasteiger partial charge is 0.339 e. The molecule has 130 valence electrons. The monoisotopic (exact) mass is 345 g/mol. The molecule has 0 saturated heterocycles. The summed E-state index contributed by atoms with van der Waals surface area (Å²) >= 11 is 0. The van der Waals surface area contributed by atoms with E-state index in [1.165, 1.54) is 23.1 Å². The van der Waals surface area contributed by atoms with Gasteiger partial charge in [-0.05, 0) is 31.2 Å². The molecular formula is C18H16FNO5. The molecule has 1 amide bonds. The number of amides is 1. The summed E-state index contributed by atoms with van der Waals surface area (Å²) in [7, 11) is 1.58. The molecule has 7 heteroatoms. The van der Waals surface area contributed by atoms with E-state index in [0.717, 1.165) is 0 Å². The normalized spacial score (nSPS) is 12.8. The molecule has 0 saturated carbocycles. The zero-order valence-electron chi connectivity index (χ0n) is 13.7. The Balaban J connectivity index is 1.76. The molecule has 0 fully saturated rings. The first-order valence-electron chi connectivity index (χ1n) is 7.56. The predicted molar refractivity (Wildman–Crippen MR) is 86.8 cm³/mol. The Morgan fingerprint density at radius 1 is 1.32 bits per heavy atom. The van der Waals surface area contributed by atoms with Gasteiger partial charge in [0.1, 0.15) is 35.3 Å². The van der Waals surface area contributed by atoms with Crippen molar-refractivity contribution in [1.82, 2.24) is 4.90 Å². The van der Waals surface area contributed by atoms with Gasteiger partial charge in [0.05, 0.1) is 12.1 Å². The van der Waals surface area contributed by atoms with Crippen LogP contribution >= 0.6 is 0 Å². The van der Waals surface area contributed by atoms with Crippen LogP contribution in [0.1, 0.15) is 27.4 Å². The van der Waals surface area contributed by atoms with Gasteiger partial charge < -0.3 is 19.2 Å². The lowest BCUT2D eigenvalue weighted by atomic mass is 10.1. The highest BCUT2D eigenvalue weighted by atomic mass is 19.1. The lowest BCUT2D eigenvalue weighted by Gasteiger charge is -2.22. The minimum Gasteiger partial charge on any atom is -0.488 e. The number of benzene rings is 1. The topological polar surface area (TPSA) is 80.0 Å². The number of likely N-dealkylation sites (N-methyl/N-ethyl adjacent to an activating group) is 1. The van der Waals surface area contributed by atoms with Crippen LogP contribution in [-0.2, 0) is 11.3 Å². The third-order valence-corrected chi connectivity index (χ3v) is 3.90. The van der Waals surface area contributed by atoms with Gasteiger partial charge in [0.15, 0.2) is 0 Å². The molecule has 0 radical (unpaired) electrons. The van der Waals surface area contributed by atoms with E-state index in [9.17, 15) is 14.0 Å². The maximum Gasteiger partial charge on any atom is 0.339 e.